The van der Waals surface area contributed by atoms with Crippen LogP contribution in [0.4, 0.5) is 8.78 Å². The Morgan fingerprint density at radius 1 is 1.30 bits per heavy atom. The molecule has 2 atom stereocenters. The van der Waals surface area contributed by atoms with Crippen LogP contribution < -0.4 is 15.8 Å². The number of alkyl halides is 2. The van der Waals surface area contributed by atoms with Crippen LogP contribution in [0.15, 0.2) is 24.3 Å². The third-order valence-corrected chi connectivity index (χ3v) is 2.96. The van der Waals surface area contributed by atoms with Gasteiger partial charge in [0, 0.05) is 0 Å². The van der Waals surface area contributed by atoms with Gasteiger partial charge in [0.25, 0.3) is 0 Å². The smallest absolute Gasteiger partial charge is 0.387 e. The maximum absolute atomic E-state index is 12.1. The number of halogens is 2. The maximum Gasteiger partial charge on any atom is 0.387 e. The van der Waals surface area contributed by atoms with Crippen LogP contribution in [0.25, 0.3) is 0 Å². The molecule has 4 nitrogen and oxygen atoms in total. The molecule has 0 saturated carbocycles. The molecule has 0 spiro atoms. The van der Waals surface area contributed by atoms with Crippen LogP contribution in [0.5, 0.6) is 5.75 Å². The van der Waals surface area contributed by atoms with Crippen LogP contribution in [0.2, 0.25) is 0 Å². The zero-order valence-electron chi connectivity index (χ0n) is 11.8. The molecule has 0 heterocycles. The second-order valence-electron chi connectivity index (χ2n) is 4.95. The fraction of sp³-hybridized carbons (Fsp3) is 0.500. The first-order valence-electron chi connectivity index (χ1n) is 6.42. The number of hydrogen-bond acceptors (Lipinski definition) is 3. The molecule has 3 N–H and O–H groups in total. The second-order valence-corrected chi connectivity index (χ2v) is 4.95. The van der Waals surface area contributed by atoms with Crippen molar-refractivity contribution in [3.8, 4) is 5.75 Å². The van der Waals surface area contributed by atoms with Crippen LogP contribution >= 0.6 is 0 Å². The van der Waals surface area contributed by atoms with Crippen molar-refractivity contribution in [2.24, 2.45) is 11.7 Å². The minimum absolute atomic E-state index is 0.0238. The van der Waals surface area contributed by atoms with Crippen molar-refractivity contribution in [3.63, 3.8) is 0 Å². The standard InChI is InChI=1S/C14H20F2N2O2/c1-8(2)12(17)13(19)18-9(3)10-5-4-6-11(7-10)20-14(15)16/h4-9,12,14H,17H2,1-3H3,(H,18,19)/t9?,12-/m0/s1. The molecular weight excluding hydrogens is 266 g/mol. The SMILES string of the molecule is CC(NC(=O)[C@@H](N)C(C)C)c1cccc(OC(F)F)c1. The number of carbonyl (C=O) groups is 1. The van der Waals surface area contributed by atoms with Gasteiger partial charge in [0.1, 0.15) is 5.75 Å². The van der Waals surface area contributed by atoms with Gasteiger partial charge in [-0.05, 0) is 30.5 Å². The van der Waals surface area contributed by atoms with Gasteiger partial charge in [-0.15, -0.1) is 0 Å². The molecule has 112 valence electrons. The molecule has 20 heavy (non-hydrogen) atoms. The molecule has 1 rings (SSSR count). The topological polar surface area (TPSA) is 64.4 Å². The zero-order valence-corrected chi connectivity index (χ0v) is 11.8. The van der Waals surface area contributed by atoms with Crippen molar-refractivity contribution < 1.29 is 18.3 Å². The van der Waals surface area contributed by atoms with Gasteiger partial charge in [0.15, 0.2) is 0 Å². The molecule has 0 aliphatic heterocycles. The highest BCUT2D eigenvalue weighted by atomic mass is 19.3. The number of nitrogens with one attached hydrogen (secondary N) is 1. The first kappa shape index (κ1) is 16.4. The van der Waals surface area contributed by atoms with Crippen LogP contribution in [0, 0.1) is 5.92 Å². The Bertz CT molecular complexity index is 453. The van der Waals surface area contributed by atoms with Crippen molar-refractivity contribution >= 4 is 5.91 Å². The van der Waals surface area contributed by atoms with Crippen molar-refractivity contribution in [1.82, 2.24) is 5.32 Å². The predicted molar refractivity (Wildman–Crippen MR) is 72.4 cm³/mol. The predicted octanol–water partition coefficient (Wildman–Crippen LogP) is 2.45. The molecular formula is C14H20F2N2O2. The van der Waals surface area contributed by atoms with Gasteiger partial charge in [0.05, 0.1) is 12.1 Å². The van der Waals surface area contributed by atoms with E-state index in [0.29, 0.717) is 5.56 Å². The van der Waals surface area contributed by atoms with E-state index in [9.17, 15) is 13.6 Å². The van der Waals surface area contributed by atoms with Gasteiger partial charge in [-0.2, -0.15) is 8.78 Å². The normalized spacial score (nSPS) is 14.2. The fourth-order valence-electron chi connectivity index (χ4n) is 1.66. The van der Waals surface area contributed by atoms with Gasteiger partial charge < -0.3 is 15.8 Å². The molecule has 6 heteroatoms. The molecule has 0 saturated heterocycles. The second kappa shape index (κ2) is 7.19. The lowest BCUT2D eigenvalue weighted by Gasteiger charge is -2.20. The number of amides is 1. The number of hydrogen-bond donors (Lipinski definition) is 2. The Labute approximate surface area is 117 Å². The molecule has 1 aromatic carbocycles. The first-order valence-corrected chi connectivity index (χ1v) is 6.42. The Kier molecular flexibility index (Phi) is 5.88. The van der Waals surface area contributed by atoms with E-state index in [1.54, 1.807) is 19.1 Å². The van der Waals surface area contributed by atoms with Crippen LogP contribution in [-0.2, 0) is 4.79 Å². The summed E-state index contributed by atoms with van der Waals surface area (Å²) in [6.07, 6.45) is 0. The van der Waals surface area contributed by atoms with E-state index in [1.807, 2.05) is 13.8 Å². The quantitative estimate of drug-likeness (QED) is 0.844. The lowest BCUT2D eigenvalue weighted by atomic mass is 10.0. The summed E-state index contributed by atoms with van der Waals surface area (Å²) >= 11 is 0. The lowest BCUT2D eigenvalue weighted by molar-refractivity contribution is -0.123. The minimum Gasteiger partial charge on any atom is -0.435 e. The van der Waals surface area contributed by atoms with E-state index in [0.717, 1.165) is 0 Å². The van der Waals surface area contributed by atoms with Crippen LogP contribution in [-0.4, -0.2) is 18.6 Å². The summed E-state index contributed by atoms with van der Waals surface area (Å²) in [6, 6.07) is 5.29. The van der Waals surface area contributed by atoms with Gasteiger partial charge in [-0.1, -0.05) is 26.0 Å². The highest BCUT2D eigenvalue weighted by Crippen LogP contribution is 2.20. The average molecular weight is 286 g/mol. The number of benzene rings is 1. The number of rotatable bonds is 6. The summed E-state index contributed by atoms with van der Waals surface area (Å²) in [6.45, 7) is 2.59. The molecule has 0 aliphatic rings. The Hall–Kier alpha value is -1.69. The molecule has 1 unspecified atom stereocenters. The minimum atomic E-state index is -2.87. The Morgan fingerprint density at radius 2 is 1.95 bits per heavy atom. The van der Waals surface area contributed by atoms with Gasteiger partial charge in [0.2, 0.25) is 5.91 Å². The fourth-order valence-corrected chi connectivity index (χ4v) is 1.66. The Balaban J connectivity index is 2.72. The highest BCUT2D eigenvalue weighted by Gasteiger charge is 2.19. The van der Waals surface area contributed by atoms with E-state index in [-0.39, 0.29) is 23.6 Å². The number of nitrogens with two attached hydrogens (primary N) is 1. The van der Waals surface area contributed by atoms with E-state index in [2.05, 4.69) is 10.1 Å². The highest BCUT2D eigenvalue weighted by molar-refractivity contribution is 5.82. The summed E-state index contributed by atoms with van der Waals surface area (Å²) in [4.78, 5) is 11.8. The Morgan fingerprint density at radius 3 is 2.50 bits per heavy atom. The largest absolute Gasteiger partial charge is 0.435 e. The molecule has 0 bridgehead atoms. The van der Waals surface area contributed by atoms with E-state index in [4.69, 9.17) is 5.73 Å². The average Bonchev–Trinajstić information content (AvgIpc) is 2.37. The summed E-state index contributed by atoms with van der Waals surface area (Å²) in [5, 5.41) is 2.75. The van der Waals surface area contributed by atoms with Crippen molar-refractivity contribution in [2.45, 2.75) is 39.5 Å². The summed E-state index contributed by atoms with van der Waals surface area (Å²) < 4.78 is 28.6. The summed E-state index contributed by atoms with van der Waals surface area (Å²) in [5.74, 6) is -0.185. The van der Waals surface area contributed by atoms with Gasteiger partial charge in [-0.25, -0.2) is 0 Å². The van der Waals surface area contributed by atoms with Crippen molar-refractivity contribution in [3.05, 3.63) is 29.8 Å². The summed E-state index contributed by atoms with van der Waals surface area (Å²) in [7, 11) is 0. The number of carbonyl (C=O) groups excluding carboxylic acids is 1. The maximum atomic E-state index is 12.1. The third kappa shape index (κ3) is 4.77. The van der Waals surface area contributed by atoms with Crippen LogP contribution in [0.1, 0.15) is 32.4 Å². The third-order valence-electron chi connectivity index (χ3n) is 2.96. The molecule has 0 aromatic heterocycles. The number of ether oxygens (including phenoxy) is 1. The van der Waals surface area contributed by atoms with Crippen molar-refractivity contribution in [2.75, 3.05) is 0 Å². The monoisotopic (exact) mass is 286 g/mol. The van der Waals surface area contributed by atoms with Gasteiger partial charge >= 0.3 is 6.61 Å². The lowest BCUT2D eigenvalue weighted by Crippen LogP contribution is -2.44. The first-order chi connectivity index (χ1) is 9.31. The van der Waals surface area contributed by atoms with E-state index < -0.39 is 12.7 Å². The molecule has 0 fully saturated rings. The van der Waals surface area contributed by atoms with Crippen molar-refractivity contribution in [1.29, 1.82) is 0 Å². The molecule has 1 aromatic rings. The van der Waals surface area contributed by atoms with E-state index >= 15 is 0 Å². The molecule has 0 aliphatic carbocycles. The van der Waals surface area contributed by atoms with Crippen LogP contribution in [0.3, 0.4) is 0 Å². The molecule has 0 radical (unpaired) electrons. The van der Waals surface area contributed by atoms with E-state index in [1.165, 1.54) is 12.1 Å². The molecule has 1 amide bonds. The van der Waals surface area contributed by atoms with Gasteiger partial charge in [-0.3, -0.25) is 4.79 Å². The zero-order chi connectivity index (χ0) is 15.3. The summed E-state index contributed by atoms with van der Waals surface area (Å²) in [5.41, 5.74) is 6.42.